The number of nitrogens with zero attached hydrogens (tertiary/aromatic N) is 1. The van der Waals surface area contributed by atoms with E-state index in [1.807, 2.05) is 19.1 Å². The van der Waals surface area contributed by atoms with Crippen molar-refractivity contribution >= 4 is 15.9 Å². The molecule has 1 aromatic heterocycles. The molecular formula is C16H18BrFN2O. The predicted octanol–water partition coefficient (Wildman–Crippen LogP) is 3.84. The van der Waals surface area contributed by atoms with Gasteiger partial charge in [-0.3, -0.25) is 4.98 Å². The second-order valence-corrected chi connectivity index (χ2v) is 5.80. The molecule has 0 bridgehead atoms. The Balaban J connectivity index is 2.09. The molecule has 0 aliphatic carbocycles. The minimum absolute atomic E-state index is 0.0000411. The Bertz CT molecular complexity index is 589. The van der Waals surface area contributed by atoms with E-state index in [0.717, 1.165) is 22.2 Å². The summed E-state index contributed by atoms with van der Waals surface area (Å²) in [4.78, 5) is 4.25. The molecule has 0 aliphatic heterocycles. The van der Waals surface area contributed by atoms with E-state index in [0.29, 0.717) is 18.8 Å². The Kier molecular flexibility index (Phi) is 5.70. The van der Waals surface area contributed by atoms with Gasteiger partial charge in [0, 0.05) is 16.7 Å². The number of aromatic nitrogens is 1. The molecule has 21 heavy (non-hydrogen) atoms. The van der Waals surface area contributed by atoms with Gasteiger partial charge in [-0.25, -0.2) is 4.39 Å². The van der Waals surface area contributed by atoms with Crippen molar-refractivity contribution in [3.63, 3.8) is 0 Å². The van der Waals surface area contributed by atoms with E-state index in [-0.39, 0.29) is 11.9 Å². The van der Waals surface area contributed by atoms with E-state index < -0.39 is 0 Å². The molecular weight excluding hydrogens is 335 g/mol. The average Bonchev–Trinajstić information content (AvgIpc) is 2.48. The summed E-state index contributed by atoms with van der Waals surface area (Å²) in [6, 6.07) is 8.31. The topological polar surface area (TPSA) is 48.1 Å². The highest BCUT2D eigenvalue weighted by molar-refractivity contribution is 9.10. The normalized spacial score (nSPS) is 12.2. The third-order valence-electron chi connectivity index (χ3n) is 3.19. The Morgan fingerprint density at radius 2 is 2.14 bits per heavy atom. The van der Waals surface area contributed by atoms with Crippen molar-refractivity contribution in [2.75, 3.05) is 0 Å². The minimum atomic E-state index is -0.276. The molecule has 1 heterocycles. The number of ether oxygens (including phenoxy) is 1. The molecule has 0 fully saturated rings. The standard InChI is InChI=1S/C16H18BrFN2O/c1-2-14(19)8-11-7-13(18)4-6-16(11)21-10-15-5-3-12(17)9-20-15/h3-7,9,14H,2,8,10,19H2,1H3. The lowest BCUT2D eigenvalue weighted by Gasteiger charge is -2.14. The predicted molar refractivity (Wildman–Crippen MR) is 84.6 cm³/mol. The zero-order valence-electron chi connectivity index (χ0n) is 11.9. The molecule has 0 spiro atoms. The summed E-state index contributed by atoms with van der Waals surface area (Å²) < 4.78 is 20.1. The van der Waals surface area contributed by atoms with Gasteiger partial charge in [-0.05, 0) is 64.7 Å². The van der Waals surface area contributed by atoms with Crippen LogP contribution in [0, 0.1) is 5.82 Å². The quantitative estimate of drug-likeness (QED) is 0.858. The Hall–Kier alpha value is -1.46. The van der Waals surface area contributed by atoms with E-state index >= 15 is 0 Å². The van der Waals surface area contributed by atoms with Crippen LogP contribution in [0.3, 0.4) is 0 Å². The number of pyridine rings is 1. The molecule has 0 saturated carbocycles. The number of nitrogens with two attached hydrogens (primary N) is 1. The molecule has 0 radical (unpaired) electrons. The molecule has 0 saturated heterocycles. The van der Waals surface area contributed by atoms with Crippen LogP contribution in [0.1, 0.15) is 24.6 Å². The monoisotopic (exact) mass is 352 g/mol. The van der Waals surface area contributed by atoms with Crippen LogP contribution in [-0.2, 0) is 13.0 Å². The van der Waals surface area contributed by atoms with Gasteiger partial charge in [-0.2, -0.15) is 0 Å². The van der Waals surface area contributed by atoms with E-state index in [9.17, 15) is 4.39 Å². The van der Waals surface area contributed by atoms with Gasteiger partial charge in [0.15, 0.2) is 0 Å². The van der Waals surface area contributed by atoms with Gasteiger partial charge in [0.1, 0.15) is 18.2 Å². The second kappa shape index (κ2) is 7.52. The number of halogens is 2. The van der Waals surface area contributed by atoms with E-state index in [1.165, 1.54) is 12.1 Å². The largest absolute Gasteiger partial charge is 0.487 e. The first-order valence-corrected chi connectivity index (χ1v) is 7.65. The zero-order valence-corrected chi connectivity index (χ0v) is 13.4. The highest BCUT2D eigenvalue weighted by atomic mass is 79.9. The van der Waals surface area contributed by atoms with Crippen molar-refractivity contribution in [3.05, 3.63) is 58.1 Å². The number of benzene rings is 1. The smallest absolute Gasteiger partial charge is 0.130 e. The number of hydrogen-bond acceptors (Lipinski definition) is 3. The fourth-order valence-corrected chi connectivity index (χ4v) is 2.15. The van der Waals surface area contributed by atoms with Crippen LogP contribution < -0.4 is 10.5 Å². The van der Waals surface area contributed by atoms with Crippen LogP contribution >= 0.6 is 15.9 Å². The maximum atomic E-state index is 13.4. The summed E-state index contributed by atoms with van der Waals surface area (Å²) in [5.41, 5.74) is 7.56. The molecule has 1 unspecified atom stereocenters. The van der Waals surface area contributed by atoms with Crippen molar-refractivity contribution < 1.29 is 9.13 Å². The molecule has 3 nitrogen and oxygen atoms in total. The minimum Gasteiger partial charge on any atom is -0.487 e. The number of hydrogen-bond donors (Lipinski definition) is 1. The Morgan fingerprint density at radius 3 is 2.81 bits per heavy atom. The van der Waals surface area contributed by atoms with Crippen LogP contribution in [0.25, 0.3) is 0 Å². The Labute approximate surface area is 132 Å². The maximum Gasteiger partial charge on any atom is 0.130 e. The lowest BCUT2D eigenvalue weighted by Crippen LogP contribution is -2.21. The molecule has 1 aromatic carbocycles. The molecule has 2 N–H and O–H groups in total. The fraction of sp³-hybridized carbons (Fsp3) is 0.312. The van der Waals surface area contributed by atoms with Crippen molar-refractivity contribution in [3.8, 4) is 5.75 Å². The molecule has 5 heteroatoms. The van der Waals surface area contributed by atoms with Crippen LogP contribution in [0.4, 0.5) is 4.39 Å². The van der Waals surface area contributed by atoms with Crippen LogP contribution in [-0.4, -0.2) is 11.0 Å². The third-order valence-corrected chi connectivity index (χ3v) is 3.66. The first-order chi connectivity index (χ1) is 10.1. The summed E-state index contributed by atoms with van der Waals surface area (Å²) in [7, 11) is 0. The summed E-state index contributed by atoms with van der Waals surface area (Å²) in [5, 5.41) is 0. The summed E-state index contributed by atoms with van der Waals surface area (Å²) in [5.74, 6) is 0.382. The third kappa shape index (κ3) is 4.79. The van der Waals surface area contributed by atoms with Crippen molar-refractivity contribution in [2.24, 2.45) is 5.73 Å². The molecule has 1 atom stereocenters. The summed E-state index contributed by atoms with van der Waals surface area (Å²) in [6.07, 6.45) is 3.15. The highest BCUT2D eigenvalue weighted by Crippen LogP contribution is 2.22. The maximum absolute atomic E-state index is 13.4. The molecule has 2 aromatic rings. The first kappa shape index (κ1) is 15.9. The molecule has 2 rings (SSSR count). The van der Waals surface area contributed by atoms with Crippen molar-refractivity contribution in [1.82, 2.24) is 4.98 Å². The van der Waals surface area contributed by atoms with Crippen molar-refractivity contribution in [2.45, 2.75) is 32.4 Å². The zero-order chi connectivity index (χ0) is 15.2. The highest BCUT2D eigenvalue weighted by Gasteiger charge is 2.10. The van der Waals surface area contributed by atoms with Crippen LogP contribution in [0.15, 0.2) is 41.0 Å². The molecule has 0 aliphatic rings. The van der Waals surface area contributed by atoms with Gasteiger partial charge in [-0.15, -0.1) is 0 Å². The van der Waals surface area contributed by atoms with Crippen LogP contribution in [0.5, 0.6) is 5.75 Å². The van der Waals surface area contributed by atoms with Crippen molar-refractivity contribution in [1.29, 1.82) is 0 Å². The molecule has 0 amide bonds. The molecule has 112 valence electrons. The van der Waals surface area contributed by atoms with Gasteiger partial charge in [0.2, 0.25) is 0 Å². The van der Waals surface area contributed by atoms with E-state index in [2.05, 4.69) is 20.9 Å². The average molecular weight is 353 g/mol. The SMILES string of the molecule is CCC(N)Cc1cc(F)ccc1OCc1ccc(Br)cn1. The summed E-state index contributed by atoms with van der Waals surface area (Å²) in [6.45, 7) is 2.35. The van der Waals surface area contributed by atoms with Gasteiger partial charge < -0.3 is 10.5 Å². The van der Waals surface area contributed by atoms with E-state index in [4.69, 9.17) is 10.5 Å². The first-order valence-electron chi connectivity index (χ1n) is 6.85. The van der Waals surface area contributed by atoms with Gasteiger partial charge >= 0.3 is 0 Å². The van der Waals surface area contributed by atoms with Gasteiger partial charge in [0.25, 0.3) is 0 Å². The van der Waals surface area contributed by atoms with Gasteiger partial charge in [-0.1, -0.05) is 6.92 Å². The fourth-order valence-electron chi connectivity index (χ4n) is 1.92. The summed E-state index contributed by atoms with van der Waals surface area (Å²) >= 11 is 3.34. The van der Waals surface area contributed by atoms with E-state index in [1.54, 1.807) is 12.3 Å². The van der Waals surface area contributed by atoms with Gasteiger partial charge in [0.05, 0.1) is 5.69 Å². The second-order valence-electron chi connectivity index (χ2n) is 4.88. The lowest BCUT2D eigenvalue weighted by molar-refractivity contribution is 0.297. The Morgan fingerprint density at radius 1 is 1.33 bits per heavy atom. The van der Waals surface area contributed by atoms with Crippen LogP contribution in [0.2, 0.25) is 0 Å². The lowest BCUT2D eigenvalue weighted by atomic mass is 10.0. The number of rotatable bonds is 6.